The molecule has 2 rings (SSSR count). The van der Waals surface area contributed by atoms with Crippen LogP contribution in [0, 0.1) is 6.92 Å². The molecule has 0 saturated heterocycles. The van der Waals surface area contributed by atoms with E-state index in [1.165, 1.54) is 5.56 Å². The molecule has 0 spiro atoms. The smallest absolute Gasteiger partial charge is 0.338 e. The number of rotatable bonds is 6. The summed E-state index contributed by atoms with van der Waals surface area (Å²) in [7, 11) is 0. The summed E-state index contributed by atoms with van der Waals surface area (Å²) in [5.41, 5.74) is 2.62. The van der Waals surface area contributed by atoms with E-state index in [4.69, 9.17) is 4.74 Å². The van der Waals surface area contributed by atoms with E-state index in [1.54, 1.807) is 24.3 Å². The van der Waals surface area contributed by atoms with Gasteiger partial charge in [-0.15, -0.1) is 0 Å². The first-order valence-electron chi connectivity index (χ1n) is 7.78. The average molecular weight is 390 g/mol. The first kappa shape index (κ1) is 18.2. The quantitative estimate of drug-likeness (QED) is 0.753. The lowest BCUT2D eigenvalue weighted by atomic mass is 10.0. The molecule has 0 aliphatic rings. The SMILES string of the molecule is CC[C@H](NC(=O)COC(=O)c1ccc(Br)cc1)c1ccc(C)cc1. The summed E-state index contributed by atoms with van der Waals surface area (Å²) < 4.78 is 5.94. The van der Waals surface area contributed by atoms with Crippen molar-refractivity contribution in [1.29, 1.82) is 0 Å². The fourth-order valence-corrected chi connectivity index (χ4v) is 2.52. The molecule has 126 valence electrons. The van der Waals surface area contributed by atoms with E-state index >= 15 is 0 Å². The number of carbonyl (C=O) groups excluding carboxylic acids is 2. The molecule has 0 saturated carbocycles. The van der Waals surface area contributed by atoms with Crippen LogP contribution in [-0.2, 0) is 9.53 Å². The predicted octanol–water partition coefficient (Wildman–Crippen LogP) is 4.18. The van der Waals surface area contributed by atoms with Crippen molar-refractivity contribution in [3.05, 3.63) is 69.7 Å². The van der Waals surface area contributed by atoms with Crippen molar-refractivity contribution in [2.45, 2.75) is 26.3 Å². The molecule has 1 amide bonds. The number of amides is 1. The lowest BCUT2D eigenvalue weighted by Gasteiger charge is -2.17. The molecule has 0 aliphatic heterocycles. The number of esters is 1. The Hall–Kier alpha value is -2.14. The second-order valence-corrected chi connectivity index (χ2v) is 6.44. The summed E-state index contributed by atoms with van der Waals surface area (Å²) >= 11 is 3.30. The molecule has 1 N–H and O–H groups in total. The highest BCUT2D eigenvalue weighted by atomic mass is 79.9. The highest BCUT2D eigenvalue weighted by molar-refractivity contribution is 9.10. The Kier molecular flexibility index (Phi) is 6.55. The van der Waals surface area contributed by atoms with Crippen LogP contribution in [0.5, 0.6) is 0 Å². The molecule has 24 heavy (non-hydrogen) atoms. The number of hydrogen-bond acceptors (Lipinski definition) is 3. The first-order valence-corrected chi connectivity index (χ1v) is 8.57. The van der Waals surface area contributed by atoms with Crippen LogP contribution >= 0.6 is 15.9 Å². The van der Waals surface area contributed by atoms with E-state index in [0.717, 1.165) is 16.5 Å². The van der Waals surface area contributed by atoms with Crippen molar-refractivity contribution in [3.8, 4) is 0 Å². The Morgan fingerprint density at radius 2 is 1.71 bits per heavy atom. The zero-order valence-corrected chi connectivity index (χ0v) is 15.3. The molecule has 2 aromatic rings. The number of benzene rings is 2. The Balaban J connectivity index is 1.88. The number of hydrogen-bond donors (Lipinski definition) is 1. The summed E-state index contributed by atoms with van der Waals surface area (Å²) in [6.45, 7) is 3.72. The highest BCUT2D eigenvalue weighted by Gasteiger charge is 2.15. The number of aryl methyl sites for hydroxylation is 1. The third-order valence-corrected chi connectivity index (χ3v) is 4.17. The van der Waals surface area contributed by atoms with Gasteiger partial charge in [0.2, 0.25) is 0 Å². The van der Waals surface area contributed by atoms with Crippen molar-refractivity contribution in [1.82, 2.24) is 5.32 Å². The van der Waals surface area contributed by atoms with E-state index in [1.807, 2.05) is 38.1 Å². The summed E-state index contributed by atoms with van der Waals surface area (Å²) in [6.07, 6.45) is 0.759. The maximum atomic E-state index is 12.0. The molecule has 0 heterocycles. The zero-order chi connectivity index (χ0) is 17.5. The van der Waals surface area contributed by atoms with E-state index in [2.05, 4.69) is 21.2 Å². The minimum absolute atomic E-state index is 0.0931. The van der Waals surface area contributed by atoms with Crippen LogP contribution in [0.25, 0.3) is 0 Å². The van der Waals surface area contributed by atoms with E-state index in [9.17, 15) is 9.59 Å². The number of nitrogens with one attached hydrogen (secondary N) is 1. The second kappa shape index (κ2) is 8.64. The van der Waals surface area contributed by atoms with Gasteiger partial charge in [-0.2, -0.15) is 0 Å². The molecule has 0 unspecified atom stereocenters. The third-order valence-electron chi connectivity index (χ3n) is 3.64. The molecule has 0 aliphatic carbocycles. The van der Waals surface area contributed by atoms with Gasteiger partial charge >= 0.3 is 5.97 Å². The normalized spacial score (nSPS) is 11.6. The van der Waals surface area contributed by atoms with Crippen molar-refractivity contribution in [2.75, 3.05) is 6.61 Å². The minimum atomic E-state index is -0.513. The molecule has 1 atom stereocenters. The molecule has 5 heteroatoms. The second-order valence-electron chi connectivity index (χ2n) is 5.52. The van der Waals surface area contributed by atoms with Gasteiger partial charge in [-0.1, -0.05) is 52.7 Å². The Morgan fingerprint density at radius 1 is 1.08 bits per heavy atom. The average Bonchev–Trinajstić information content (AvgIpc) is 2.59. The van der Waals surface area contributed by atoms with Gasteiger partial charge in [0.1, 0.15) is 0 Å². The van der Waals surface area contributed by atoms with Crippen molar-refractivity contribution in [3.63, 3.8) is 0 Å². The van der Waals surface area contributed by atoms with Gasteiger partial charge in [0.25, 0.3) is 5.91 Å². The highest BCUT2D eigenvalue weighted by Crippen LogP contribution is 2.17. The van der Waals surface area contributed by atoms with Gasteiger partial charge in [-0.3, -0.25) is 4.79 Å². The van der Waals surface area contributed by atoms with E-state index in [0.29, 0.717) is 5.56 Å². The van der Waals surface area contributed by atoms with Crippen LogP contribution in [0.1, 0.15) is 40.9 Å². The van der Waals surface area contributed by atoms with Crippen LogP contribution in [0.4, 0.5) is 0 Å². The lowest BCUT2D eigenvalue weighted by Crippen LogP contribution is -2.32. The number of ether oxygens (including phenoxy) is 1. The third kappa shape index (κ3) is 5.20. The molecule has 2 aromatic carbocycles. The van der Waals surface area contributed by atoms with Crippen LogP contribution in [0.3, 0.4) is 0 Å². The van der Waals surface area contributed by atoms with Gasteiger partial charge in [0.05, 0.1) is 11.6 Å². The summed E-state index contributed by atoms with van der Waals surface area (Å²) in [5, 5.41) is 2.89. The van der Waals surface area contributed by atoms with Crippen molar-refractivity contribution >= 4 is 27.8 Å². The van der Waals surface area contributed by atoms with Crippen molar-refractivity contribution < 1.29 is 14.3 Å². The molecular formula is C19H20BrNO3. The number of carbonyl (C=O) groups is 2. The van der Waals surface area contributed by atoms with Gasteiger partial charge in [0.15, 0.2) is 6.61 Å². The fraction of sp³-hybridized carbons (Fsp3) is 0.263. The molecule has 0 fully saturated rings. The van der Waals surface area contributed by atoms with Crippen LogP contribution in [-0.4, -0.2) is 18.5 Å². The van der Waals surface area contributed by atoms with Gasteiger partial charge < -0.3 is 10.1 Å². The first-order chi connectivity index (χ1) is 11.5. The molecule has 0 bridgehead atoms. The Morgan fingerprint density at radius 3 is 2.29 bits per heavy atom. The zero-order valence-electron chi connectivity index (χ0n) is 13.7. The van der Waals surface area contributed by atoms with Crippen molar-refractivity contribution in [2.24, 2.45) is 0 Å². The fourth-order valence-electron chi connectivity index (χ4n) is 2.26. The summed E-state index contributed by atoms with van der Waals surface area (Å²) in [5.74, 6) is -0.825. The molecule has 4 nitrogen and oxygen atoms in total. The van der Waals surface area contributed by atoms with Crippen LogP contribution in [0.15, 0.2) is 53.0 Å². The van der Waals surface area contributed by atoms with Crippen LogP contribution in [0.2, 0.25) is 0 Å². The van der Waals surface area contributed by atoms with Gasteiger partial charge in [-0.05, 0) is 43.2 Å². The number of halogens is 1. The van der Waals surface area contributed by atoms with Gasteiger partial charge in [-0.25, -0.2) is 4.79 Å². The van der Waals surface area contributed by atoms with Crippen LogP contribution < -0.4 is 5.32 Å². The maximum Gasteiger partial charge on any atom is 0.338 e. The van der Waals surface area contributed by atoms with Gasteiger partial charge in [0, 0.05) is 4.47 Å². The standard InChI is InChI=1S/C19H20BrNO3/c1-3-17(14-6-4-13(2)5-7-14)21-18(22)12-24-19(23)15-8-10-16(20)11-9-15/h4-11,17H,3,12H2,1-2H3,(H,21,22)/t17-/m0/s1. The summed E-state index contributed by atoms with van der Waals surface area (Å²) in [4.78, 5) is 24.0. The maximum absolute atomic E-state index is 12.0. The predicted molar refractivity (Wildman–Crippen MR) is 96.8 cm³/mol. The Bertz CT molecular complexity index is 696. The minimum Gasteiger partial charge on any atom is -0.452 e. The van der Waals surface area contributed by atoms with E-state index < -0.39 is 5.97 Å². The molecular weight excluding hydrogens is 370 g/mol. The Labute approximate surface area is 150 Å². The molecule has 0 aromatic heterocycles. The lowest BCUT2D eigenvalue weighted by molar-refractivity contribution is -0.125. The summed E-state index contributed by atoms with van der Waals surface area (Å²) in [6, 6.07) is 14.7. The van der Waals surface area contributed by atoms with E-state index in [-0.39, 0.29) is 18.6 Å². The molecule has 0 radical (unpaired) electrons. The monoisotopic (exact) mass is 389 g/mol. The topological polar surface area (TPSA) is 55.4 Å². The largest absolute Gasteiger partial charge is 0.452 e.